The second-order valence-corrected chi connectivity index (χ2v) is 4.75. The standard InChI is InChI=1S/C9H18N2.C3H8/c1-2-11-6-4-9(8-11)3-5-10-7-9;1-3-2/h10H,2-8H2,1H3;3H2,1-2H3. The number of hydrogen-bond donors (Lipinski definition) is 1. The summed E-state index contributed by atoms with van der Waals surface area (Å²) in [6.45, 7) is 12.9. The van der Waals surface area contributed by atoms with E-state index in [9.17, 15) is 0 Å². The molecular weight excluding hydrogens is 172 g/mol. The largest absolute Gasteiger partial charge is 0.316 e. The van der Waals surface area contributed by atoms with E-state index in [1.807, 2.05) is 0 Å². The first-order valence-corrected chi connectivity index (χ1v) is 6.19. The van der Waals surface area contributed by atoms with Crippen LogP contribution in [0.4, 0.5) is 0 Å². The van der Waals surface area contributed by atoms with Crippen molar-refractivity contribution in [3.63, 3.8) is 0 Å². The number of likely N-dealkylation sites (tertiary alicyclic amines) is 1. The van der Waals surface area contributed by atoms with E-state index in [2.05, 4.69) is 31.0 Å². The fourth-order valence-corrected chi connectivity index (χ4v) is 2.44. The third-order valence-electron chi connectivity index (χ3n) is 3.30. The highest BCUT2D eigenvalue weighted by molar-refractivity contribution is 4.95. The summed E-state index contributed by atoms with van der Waals surface area (Å²) < 4.78 is 0. The molecule has 84 valence electrons. The summed E-state index contributed by atoms with van der Waals surface area (Å²) >= 11 is 0. The Morgan fingerprint density at radius 2 is 1.93 bits per heavy atom. The second-order valence-electron chi connectivity index (χ2n) is 4.75. The summed E-state index contributed by atoms with van der Waals surface area (Å²) in [7, 11) is 0. The van der Waals surface area contributed by atoms with Crippen LogP contribution in [0.2, 0.25) is 0 Å². The first kappa shape index (κ1) is 12.0. The molecule has 2 aliphatic heterocycles. The van der Waals surface area contributed by atoms with Crippen LogP contribution in [0.5, 0.6) is 0 Å². The topological polar surface area (TPSA) is 15.3 Å². The molecule has 1 N–H and O–H groups in total. The van der Waals surface area contributed by atoms with Gasteiger partial charge in [0.2, 0.25) is 0 Å². The van der Waals surface area contributed by atoms with Gasteiger partial charge in [-0.2, -0.15) is 0 Å². The van der Waals surface area contributed by atoms with E-state index in [0.29, 0.717) is 5.41 Å². The van der Waals surface area contributed by atoms with Crippen molar-refractivity contribution in [3.05, 3.63) is 0 Å². The Bertz CT molecular complexity index is 150. The van der Waals surface area contributed by atoms with Crippen LogP contribution in [-0.2, 0) is 0 Å². The van der Waals surface area contributed by atoms with E-state index in [1.54, 1.807) is 0 Å². The molecule has 2 heteroatoms. The van der Waals surface area contributed by atoms with Gasteiger partial charge in [0.25, 0.3) is 0 Å². The van der Waals surface area contributed by atoms with Gasteiger partial charge in [0.1, 0.15) is 0 Å². The summed E-state index contributed by atoms with van der Waals surface area (Å²) in [5.74, 6) is 0. The SMILES string of the molecule is CCC.CCN1CCC2(CCNC2)C1. The molecule has 0 amide bonds. The van der Waals surface area contributed by atoms with Crippen molar-refractivity contribution >= 4 is 0 Å². The molecule has 0 aromatic rings. The molecule has 1 atom stereocenters. The van der Waals surface area contributed by atoms with E-state index < -0.39 is 0 Å². The average Bonchev–Trinajstić information content (AvgIpc) is 2.79. The molecule has 1 unspecified atom stereocenters. The highest BCUT2D eigenvalue weighted by atomic mass is 15.2. The summed E-state index contributed by atoms with van der Waals surface area (Å²) in [6.07, 6.45) is 4.08. The highest BCUT2D eigenvalue weighted by Gasteiger charge is 2.39. The van der Waals surface area contributed by atoms with Crippen molar-refractivity contribution in [1.29, 1.82) is 0 Å². The predicted molar refractivity (Wildman–Crippen MR) is 62.6 cm³/mol. The van der Waals surface area contributed by atoms with Gasteiger partial charge in [-0.15, -0.1) is 0 Å². The van der Waals surface area contributed by atoms with Crippen molar-refractivity contribution in [1.82, 2.24) is 10.2 Å². The molecule has 2 saturated heterocycles. The fourth-order valence-electron chi connectivity index (χ4n) is 2.44. The summed E-state index contributed by atoms with van der Waals surface area (Å²) in [5, 5.41) is 3.47. The van der Waals surface area contributed by atoms with E-state index in [0.717, 1.165) is 0 Å². The molecule has 1 spiro atoms. The zero-order valence-electron chi connectivity index (χ0n) is 10.1. The summed E-state index contributed by atoms with van der Waals surface area (Å²) in [6, 6.07) is 0. The predicted octanol–water partition coefficient (Wildman–Crippen LogP) is 2.11. The highest BCUT2D eigenvalue weighted by Crippen LogP contribution is 2.35. The maximum Gasteiger partial charge on any atom is 0.00510 e. The molecule has 0 radical (unpaired) electrons. The van der Waals surface area contributed by atoms with Gasteiger partial charge >= 0.3 is 0 Å². The van der Waals surface area contributed by atoms with Crippen molar-refractivity contribution in [2.45, 2.75) is 40.0 Å². The third kappa shape index (κ3) is 2.96. The molecule has 2 nitrogen and oxygen atoms in total. The van der Waals surface area contributed by atoms with Crippen LogP contribution in [0, 0.1) is 5.41 Å². The van der Waals surface area contributed by atoms with Gasteiger partial charge in [0.05, 0.1) is 0 Å². The third-order valence-corrected chi connectivity index (χ3v) is 3.30. The van der Waals surface area contributed by atoms with Gasteiger partial charge in [-0.25, -0.2) is 0 Å². The van der Waals surface area contributed by atoms with Crippen LogP contribution in [0.3, 0.4) is 0 Å². The van der Waals surface area contributed by atoms with Gasteiger partial charge < -0.3 is 10.2 Å². The number of nitrogens with one attached hydrogen (secondary N) is 1. The van der Waals surface area contributed by atoms with Crippen molar-refractivity contribution in [3.8, 4) is 0 Å². The van der Waals surface area contributed by atoms with Crippen LogP contribution >= 0.6 is 0 Å². The lowest BCUT2D eigenvalue weighted by atomic mass is 9.87. The molecule has 0 bridgehead atoms. The molecule has 0 aromatic carbocycles. The van der Waals surface area contributed by atoms with Crippen LogP contribution < -0.4 is 5.32 Å². The van der Waals surface area contributed by atoms with Crippen LogP contribution in [0.1, 0.15) is 40.0 Å². The lowest BCUT2D eigenvalue weighted by Gasteiger charge is -2.21. The van der Waals surface area contributed by atoms with Crippen LogP contribution in [-0.4, -0.2) is 37.6 Å². The van der Waals surface area contributed by atoms with Gasteiger partial charge in [-0.1, -0.05) is 27.2 Å². The van der Waals surface area contributed by atoms with E-state index in [4.69, 9.17) is 0 Å². The lowest BCUT2D eigenvalue weighted by molar-refractivity contribution is 0.284. The maximum atomic E-state index is 3.47. The Labute approximate surface area is 89.1 Å². The number of rotatable bonds is 1. The Hall–Kier alpha value is -0.0800. The first-order chi connectivity index (χ1) is 6.76. The van der Waals surface area contributed by atoms with Crippen molar-refractivity contribution < 1.29 is 0 Å². The van der Waals surface area contributed by atoms with E-state index in [1.165, 1.54) is 52.0 Å². The lowest BCUT2D eigenvalue weighted by Crippen LogP contribution is -2.28. The minimum Gasteiger partial charge on any atom is -0.316 e. The normalized spacial score (nSPS) is 31.9. The quantitative estimate of drug-likeness (QED) is 0.694. The average molecular weight is 198 g/mol. The van der Waals surface area contributed by atoms with Crippen molar-refractivity contribution in [2.75, 3.05) is 32.7 Å². The monoisotopic (exact) mass is 198 g/mol. The molecule has 0 saturated carbocycles. The Morgan fingerprint density at radius 3 is 2.36 bits per heavy atom. The van der Waals surface area contributed by atoms with Gasteiger partial charge in [-0.05, 0) is 37.9 Å². The fraction of sp³-hybridized carbons (Fsp3) is 1.00. The minimum absolute atomic E-state index is 0.677. The van der Waals surface area contributed by atoms with Crippen LogP contribution in [0.15, 0.2) is 0 Å². The van der Waals surface area contributed by atoms with Gasteiger partial charge in [0, 0.05) is 13.1 Å². The zero-order chi connectivity index (χ0) is 10.4. The first-order valence-electron chi connectivity index (χ1n) is 6.19. The molecular formula is C12H26N2. The maximum absolute atomic E-state index is 3.47. The minimum atomic E-state index is 0.677. The Morgan fingerprint density at radius 1 is 1.21 bits per heavy atom. The van der Waals surface area contributed by atoms with Gasteiger partial charge in [-0.3, -0.25) is 0 Å². The second kappa shape index (κ2) is 5.72. The number of hydrogen-bond acceptors (Lipinski definition) is 2. The molecule has 0 aliphatic carbocycles. The zero-order valence-corrected chi connectivity index (χ0v) is 10.1. The molecule has 2 heterocycles. The van der Waals surface area contributed by atoms with Gasteiger partial charge in [0.15, 0.2) is 0 Å². The summed E-state index contributed by atoms with van der Waals surface area (Å²) in [5.41, 5.74) is 0.677. The van der Waals surface area contributed by atoms with Crippen LogP contribution in [0.25, 0.3) is 0 Å². The molecule has 2 fully saturated rings. The molecule has 2 aliphatic rings. The van der Waals surface area contributed by atoms with E-state index >= 15 is 0 Å². The molecule has 2 rings (SSSR count). The Kier molecular flexibility index (Phi) is 4.90. The summed E-state index contributed by atoms with van der Waals surface area (Å²) in [4.78, 5) is 2.58. The van der Waals surface area contributed by atoms with E-state index in [-0.39, 0.29) is 0 Å². The number of nitrogens with zero attached hydrogens (tertiary/aromatic N) is 1. The smallest absolute Gasteiger partial charge is 0.00510 e. The Balaban J connectivity index is 0.000000293. The molecule has 14 heavy (non-hydrogen) atoms. The van der Waals surface area contributed by atoms with Crippen molar-refractivity contribution in [2.24, 2.45) is 5.41 Å². The molecule has 0 aromatic heterocycles.